The number of aliphatic hydroxyl groups is 1. The van der Waals surface area contributed by atoms with Crippen LogP contribution in [0.4, 0.5) is 0 Å². The average molecular weight is 201 g/mol. The van der Waals surface area contributed by atoms with Gasteiger partial charge >= 0.3 is 0 Å². The summed E-state index contributed by atoms with van der Waals surface area (Å²) in [5, 5.41) is 12.7. The number of hydrogen-bond donors (Lipinski definition) is 2. The van der Waals surface area contributed by atoms with Crippen LogP contribution in [0.2, 0.25) is 0 Å². The maximum Gasteiger partial charge on any atom is 0.0448 e. The van der Waals surface area contributed by atoms with Crippen molar-refractivity contribution in [1.29, 1.82) is 0 Å². The molecule has 0 heterocycles. The van der Waals surface area contributed by atoms with Gasteiger partial charge in [0.25, 0.3) is 0 Å². The van der Waals surface area contributed by atoms with Gasteiger partial charge in [-0.25, -0.2) is 0 Å². The molecule has 0 aromatic rings. The van der Waals surface area contributed by atoms with Gasteiger partial charge in [0.05, 0.1) is 0 Å². The largest absolute Gasteiger partial charge is 0.396 e. The molecule has 2 N–H and O–H groups in total. The van der Waals surface area contributed by atoms with Gasteiger partial charge in [-0.3, -0.25) is 0 Å². The van der Waals surface area contributed by atoms with Crippen molar-refractivity contribution in [3.63, 3.8) is 0 Å². The third-order valence-electron chi connectivity index (χ3n) is 3.03. The summed E-state index contributed by atoms with van der Waals surface area (Å²) in [5.41, 5.74) is 0.195. The molecule has 0 radical (unpaired) electrons. The molecule has 86 valence electrons. The van der Waals surface area contributed by atoms with E-state index in [2.05, 4.69) is 26.1 Å². The Morgan fingerprint density at radius 2 is 1.79 bits per heavy atom. The van der Waals surface area contributed by atoms with Crippen LogP contribution >= 0.6 is 0 Å². The predicted molar refractivity (Wildman–Crippen MR) is 62.5 cm³/mol. The third-order valence-corrected chi connectivity index (χ3v) is 3.03. The molecule has 0 rings (SSSR count). The topological polar surface area (TPSA) is 32.3 Å². The monoisotopic (exact) mass is 201 g/mol. The summed E-state index contributed by atoms with van der Waals surface area (Å²) in [7, 11) is 0. The lowest BCUT2D eigenvalue weighted by molar-refractivity contribution is 0.191. The van der Waals surface area contributed by atoms with E-state index in [9.17, 15) is 0 Å². The van der Waals surface area contributed by atoms with E-state index in [0.29, 0.717) is 6.61 Å². The highest BCUT2D eigenvalue weighted by atomic mass is 16.3. The zero-order valence-corrected chi connectivity index (χ0v) is 10.1. The van der Waals surface area contributed by atoms with Crippen LogP contribution < -0.4 is 5.32 Å². The van der Waals surface area contributed by atoms with Gasteiger partial charge in [0.15, 0.2) is 0 Å². The van der Waals surface area contributed by atoms with Crippen molar-refractivity contribution < 1.29 is 5.11 Å². The molecule has 0 aliphatic carbocycles. The van der Waals surface area contributed by atoms with Crippen molar-refractivity contribution in [2.24, 2.45) is 0 Å². The van der Waals surface area contributed by atoms with Gasteiger partial charge in [0.2, 0.25) is 0 Å². The van der Waals surface area contributed by atoms with Crippen LogP contribution in [0, 0.1) is 0 Å². The Balaban J connectivity index is 4.11. The third kappa shape index (κ3) is 4.97. The summed E-state index contributed by atoms with van der Waals surface area (Å²) >= 11 is 0. The second-order valence-electron chi connectivity index (χ2n) is 4.14. The van der Waals surface area contributed by atoms with Gasteiger partial charge in [-0.05, 0) is 32.2 Å². The van der Waals surface area contributed by atoms with Crippen LogP contribution in [0.25, 0.3) is 0 Å². The molecule has 0 saturated carbocycles. The van der Waals surface area contributed by atoms with Gasteiger partial charge in [0, 0.05) is 12.1 Å². The normalized spacial score (nSPS) is 15.4. The Labute approximate surface area is 89.1 Å². The number of unbranched alkanes of at least 4 members (excludes halogenated alkanes) is 1. The summed E-state index contributed by atoms with van der Waals surface area (Å²) < 4.78 is 0. The van der Waals surface area contributed by atoms with Crippen molar-refractivity contribution in [3.8, 4) is 0 Å². The smallest absolute Gasteiger partial charge is 0.0448 e. The Bertz CT molecular complexity index is 117. The molecule has 0 spiro atoms. The standard InChI is InChI=1S/C12H27NO/c1-4-7-8-12(6-3,9-11-14)13-10-5-2/h13-14H,4-11H2,1-3H3. The van der Waals surface area contributed by atoms with Gasteiger partial charge in [-0.1, -0.05) is 33.6 Å². The molecule has 2 nitrogen and oxygen atoms in total. The number of nitrogens with one attached hydrogen (secondary N) is 1. The summed E-state index contributed by atoms with van der Waals surface area (Å²) in [6.07, 6.45) is 6.86. The maximum absolute atomic E-state index is 9.09. The first-order chi connectivity index (χ1) is 6.74. The summed E-state index contributed by atoms with van der Waals surface area (Å²) in [4.78, 5) is 0. The first-order valence-corrected chi connectivity index (χ1v) is 6.10. The molecule has 1 unspecified atom stereocenters. The molecule has 2 heteroatoms. The van der Waals surface area contributed by atoms with E-state index in [1.54, 1.807) is 0 Å². The van der Waals surface area contributed by atoms with Crippen LogP contribution in [0.5, 0.6) is 0 Å². The van der Waals surface area contributed by atoms with Crippen molar-refractivity contribution in [2.45, 2.75) is 64.8 Å². The lowest BCUT2D eigenvalue weighted by Gasteiger charge is -2.34. The Morgan fingerprint density at radius 1 is 1.07 bits per heavy atom. The van der Waals surface area contributed by atoms with Gasteiger partial charge in [-0.2, -0.15) is 0 Å². The van der Waals surface area contributed by atoms with E-state index in [0.717, 1.165) is 19.4 Å². The van der Waals surface area contributed by atoms with E-state index in [1.165, 1.54) is 25.7 Å². The Kier molecular flexibility index (Phi) is 8.20. The first kappa shape index (κ1) is 13.9. The highest BCUT2D eigenvalue weighted by molar-refractivity contribution is 4.86. The highest BCUT2D eigenvalue weighted by Crippen LogP contribution is 2.22. The minimum Gasteiger partial charge on any atom is -0.396 e. The average Bonchev–Trinajstić information content (AvgIpc) is 2.22. The molecule has 0 fully saturated rings. The van der Waals surface area contributed by atoms with Crippen molar-refractivity contribution in [1.82, 2.24) is 5.32 Å². The van der Waals surface area contributed by atoms with Gasteiger partial charge in [0.1, 0.15) is 0 Å². The van der Waals surface area contributed by atoms with Crippen molar-refractivity contribution >= 4 is 0 Å². The van der Waals surface area contributed by atoms with Crippen LogP contribution in [-0.4, -0.2) is 23.8 Å². The molecule has 0 amide bonds. The van der Waals surface area contributed by atoms with Crippen molar-refractivity contribution in [3.05, 3.63) is 0 Å². The number of hydrogen-bond acceptors (Lipinski definition) is 2. The summed E-state index contributed by atoms with van der Waals surface area (Å²) in [6, 6.07) is 0. The maximum atomic E-state index is 9.09. The second kappa shape index (κ2) is 8.25. The fraction of sp³-hybridized carbons (Fsp3) is 1.00. The molecule has 0 aromatic carbocycles. The van der Waals surface area contributed by atoms with E-state index >= 15 is 0 Å². The van der Waals surface area contributed by atoms with Gasteiger partial charge < -0.3 is 10.4 Å². The minimum absolute atomic E-state index is 0.195. The molecular formula is C12H27NO. The number of aliphatic hydroxyl groups excluding tert-OH is 1. The lowest BCUT2D eigenvalue weighted by atomic mass is 9.86. The van der Waals surface area contributed by atoms with Crippen molar-refractivity contribution in [2.75, 3.05) is 13.2 Å². The van der Waals surface area contributed by atoms with E-state index in [1.807, 2.05) is 0 Å². The van der Waals surface area contributed by atoms with E-state index in [4.69, 9.17) is 5.11 Å². The summed E-state index contributed by atoms with van der Waals surface area (Å²) in [6.45, 7) is 7.99. The summed E-state index contributed by atoms with van der Waals surface area (Å²) in [5.74, 6) is 0. The second-order valence-corrected chi connectivity index (χ2v) is 4.14. The first-order valence-electron chi connectivity index (χ1n) is 6.10. The zero-order valence-electron chi connectivity index (χ0n) is 10.1. The zero-order chi connectivity index (χ0) is 10.9. The molecule has 0 aliphatic heterocycles. The van der Waals surface area contributed by atoms with E-state index < -0.39 is 0 Å². The Hall–Kier alpha value is -0.0800. The molecular weight excluding hydrogens is 174 g/mol. The fourth-order valence-corrected chi connectivity index (χ4v) is 1.90. The quantitative estimate of drug-likeness (QED) is 0.601. The van der Waals surface area contributed by atoms with Crippen LogP contribution in [0.3, 0.4) is 0 Å². The highest BCUT2D eigenvalue weighted by Gasteiger charge is 2.25. The predicted octanol–water partition coefficient (Wildman–Crippen LogP) is 2.71. The molecule has 0 bridgehead atoms. The van der Waals surface area contributed by atoms with E-state index in [-0.39, 0.29) is 5.54 Å². The molecule has 0 saturated heterocycles. The minimum atomic E-state index is 0.195. The SMILES string of the molecule is CCCCC(CC)(CCO)NCCC. The van der Waals surface area contributed by atoms with Crippen LogP contribution in [0.1, 0.15) is 59.3 Å². The molecule has 0 aromatic heterocycles. The van der Waals surface area contributed by atoms with Crippen LogP contribution in [-0.2, 0) is 0 Å². The lowest BCUT2D eigenvalue weighted by Crippen LogP contribution is -2.45. The molecule has 14 heavy (non-hydrogen) atoms. The molecule has 0 aliphatic rings. The number of rotatable bonds is 9. The van der Waals surface area contributed by atoms with Gasteiger partial charge in [-0.15, -0.1) is 0 Å². The Morgan fingerprint density at radius 3 is 2.21 bits per heavy atom. The molecule has 1 atom stereocenters. The fourth-order valence-electron chi connectivity index (χ4n) is 1.90. The van der Waals surface area contributed by atoms with Crippen LogP contribution in [0.15, 0.2) is 0 Å².